The molecule has 1 amide bonds. The van der Waals surface area contributed by atoms with Crippen LogP contribution in [0, 0.1) is 18.7 Å². The summed E-state index contributed by atoms with van der Waals surface area (Å²) in [6.45, 7) is 6.26. The fourth-order valence-corrected chi connectivity index (χ4v) is 3.42. The summed E-state index contributed by atoms with van der Waals surface area (Å²) in [5.74, 6) is 1.17. The molecule has 0 unspecified atom stereocenters. The molecule has 0 aliphatic rings. The number of carbonyl (C=O) groups excluding carboxylic acids is 1. The van der Waals surface area contributed by atoms with Crippen molar-refractivity contribution in [2.75, 3.05) is 11.9 Å². The van der Waals surface area contributed by atoms with Gasteiger partial charge in [-0.25, -0.2) is 9.37 Å². The third-order valence-corrected chi connectivity index (χ3v) is 5.05. The Labute approximate surface area is 164 Å². The Morgan fingerprint density at radius 1 is 1.21 bits per heavy atom. The fourth-order valence-electron chi connectivity index (χ4n) is 3.42. The fraction of sp³-hybridized carbons (Fsp3) is 0.364. The first-order chi connectivity index (χ1) is 13.5. The predicted molar refractivity (Wildman–Crippen MR) is 108 cm³/mol. The van der Waals surface area contributed by atoms with E-state index in [-0.39, 0.29) is 17.6 Å². The van der Waals surface area contributed by atoms with Gasteiger partial charge in [0, 0.05) is 19.2 Å². The number of halogens is 1. The van der Waals surface area contributed by atoms with Crippen LogP contribution in [-0.2, 0) is 11.4 Å². The topological polar surface area (TPSA) is 46.8 Å². The molecule has 0 saturated carbocycles. The third-order valence-electron chi connectivity index (χ3n) is 5.05. The molecule has 0 saturated heterocycles. The second-order valence-electron chi connectivity index (χ2n) is 6.91. The highest BCUT2D eigenvalue weighted by atomic mass is 19.1. The van der Waals surface area contributed by atoms with Crippen molar-refractivity contribution in [3.05, 3.63) is 59.7 Å². The molecule has 0 aliphatic heterocycles. The molecule has 1 aromatic carbocycles. The first-order valence-corrected chi connectivity index (χ1v) is 9.58. The Bertz CT molecular complexity index is 962. The zero-order valence-electron chi connectivity index (χ0n) is 16.8. The zero-order chi connectivity index (χ0) is 20.3. The Morgan fingerprint density at radius 2 is 1.89 bits per heavy atom. The maximum Gasteiger partial charge on any atom is 0.230 e. The summed E-state index contributed by atoms with van der Waals surface area (Å²) in [7, 11) is 1.79. The van der Waals surface area contributed by atoms with Crippen LogP contribution in [-0.4, -0.2) is 22.3 Å². The molecule has 0 bridgehead atoms. The lowest BCUT2D eigenvalue weighted by Gasteiger charge is -2.22. The van der Waals surface area contributed by atoms with Gasteiger partial charge in [0.2, 0.25) is 5.91 Å². The van der Waals surface area contributed by atoms with E-state index in [1.165, 1.54) is 12.1 Å². The van der Waals surface area contributed by atoms with Crippen molar-refractivity contribution in [3.8, 4) is 5.75 Å². The Kier molecular flexibility index (Phi) is 5.97. The van der Waals surface area contributed by atoms with Gasteiger partial charge in [0.25, 0.3) is 0 Å². The van der Waals surface area contributed by atoms with Crippen molar-refractivity contribution in [3.63, 3.8) is 0 Å². The molecule has 0 atom stereocenters. The Morgan fingerprint density at radius 3 is 2.54 bits per heavy atom. The van der Waals surface area contributed by atoms with Crippen LogP contribution in [0.5, 0.6) is 5.75 Å². The number of aromatic nitrogens is 2. The van der Waals surface area contributed by atoms with E-state index >= 15 is 0 Å². The van der Waals surface area contributed by atoms with E-state index in [1.54, 1.807) is 24.1 Å². The largest absolute Gasteiger partial charge is 0.485 e. The highest BCUT2D eigenvalue weighted by Gasteiger charge is 2.24. The van der Waals surface area contributed by atoms with Crippen LogP contribution in [0.4, 0.5) is 10.2 Å². The predicted octanol–water partition coefficient (Wildman–Crippen LogP) is 4.76. The van der Waals surface area contributed by atoms with E-state index in [0.29, 0.717) is 18.0 Å². The number of benzene rings is 1. The number of carbonyl (C=O) groups is 1. The van der Waals surface area contributed by atoms with Gasteiger partial charge in [-0.3, -0.25) is 14.1 Å². The molecule has 0 aliphatic carbocycles. The number of hydrogen-bond donors (Lipinski definition) is 0. The molecule has 2 aromatic heterocycles. The number of nitrogens with zero attached hydrogens (tertiary/aromatic N) is 3. The number of imidazole rings is 1. The average Bonchev–Trinajstić information content (AvgIpc) is 3.04. The van der Waals surface area contributed by atoms with Crippen LogP contribution in [0.3, 0.4) is 0 Å². The summed E-state index contributed by atoms with van der Waals surface area (Å²) in [5, 5.41) is 0. The normalized spacial score (nSPS) is 11.2. The second-order valence-corrected chi connectivity index (χ2v) is 6.91. The van der Waals surface area contributed by atoms with Gasteiger partial charge in [-0.2, -0.15) is 0 Å². The van der Waals surface area contributed by atoms with Crippen LogP contribution in [0.2, 0.25) is 0 Å². The average molecular weight is 383 g/mol. The summed E-state index contributed by atoms with van der Waals surface area (Å²) >= 11 is 0. The smallest absolute Gasteiger partial charge is 0.230 e. The minimum absolute atomic E-state index is 0.00661. The van der Waals surface area contributed by atoms with Gasteiger partial charge in [0.1, 0.15) is 18.2 Å². The molecular formula is C22H26FN3O2. The van der Waals surface area contributed by atoms with Gasteiger partial charge in [-0.1, -0.05) is 26.0 Å². The molecule has 0 fully saturated rings. The quantitative estimate of drug-likeness (QED) is 0.591. The molecule has 2 heterocycles. The number of amides is 1. The SMILES string of the molecule is CCC(CC)C(=O)N(C)c1c(C)nc2c(OCc3ccc(F)cc3)cccn12. The number of anilines is 1. The van der Waals surface area contributed by atoms with E-state index in [0.717, 1.165) is 29.9 Å². The van der Waals surface area contributed by atoms with Gasteiger partial charge in [-0.15, -0.1) is 0 Å². The maximum absolute atomic E-state index is 13.1. The highest BCUT2D eigenvalue weighted by Crippen LogP contribution is 2.29. The molecule has 148 valence electrons. The van der Waals surface area contributed by atoms with Gasteiger partial charge in [-0.05, 0) is 49.6 Å². The number of ether oxygens (including phenoxy) is 1. The number of hydrogen-bond acceptors (Lipinski definition) is 3. The van der Waals surface area contributed by atoms with E-state index in [9.17, 15) is 9.18 Å². The van der Waals surface area contributed by atoms with Crippen LogP contribution >= 0.6 is 0 Å². The molecular weight excluding hydrogens is 357 g/mol. The van der Waals surface area contributed by atoms with Gasteiger partial charge < -0.3 is 4.74 Å². The van der Waals surface area contributed by atoms with Crippen molar-refractivity contribution < 1.29 is 13.9 Å². The molecule has 0 radical (unpaired) electrons. The Hall–Kier alpha value is -2.89. The van der Waals surface area contributed by atoms with Crippen molar-refractivity contribution >= 4 is 17.4 Å². The maximum atomic E-state index is 13.1. The number of aryl methyl sites for hydroxylation is 1. The Balaban J connectivity index is 1.90. The third kappa shape index (κ3) is 3.86. The van der Waals surface area contributed by atoms with Crippen LogP contribution in [0.1, 0.15) is 37.9 Å². The van der Waals surface area contributed by atoms with Crippen molar-refractivity contribution in [1.82, 2.24) is 9.38 Å². The van der Waals surface area contributed by atoms with E-state index < -0.39 is 0 Å². The van der Waals surface area contributed by atoms with Crippen LogP contribution < -0.4 is 9.64 Å². The summed E-state index contributed by atoms with van der Waals surface area (Å²) in [5.41, 5.74) is 2.29. The number of pyridine rings is 1. The minimum atomic E-state index is -0.274. The van der Waals surface area contributed by atoms with E-state index in [1.807, 2.05) is 43.5 Å². The first kappa shape index (κ1) is 19.9. The van der Waals surface area contributed by atoms with E-state index in [2.05, 4.69) is 4.98 Å². The summed E-state index contributed by atoms with van der Waals surface area (Å²) < 4.78 is 20.9. The lowest BCUT2D eigenvalue weighted by molar-refractivity contribution is -0.122. The lowest BCUT2D eigenvalue weighted by Crippen LogP contribution is -2.33. The van der Waals surface area contributed by atoms with Crippen molar-refractivity contribution in [1.29, 1.82) is 0 Å². The summed E-state index contributed by atoms with van der Waals surface area (Å²) in [6, 6.07) is 9.93. The molecule has 6 heteroatoms. The first-order valence-electron chi connectivity index (χ1n) is 9.58. The van der Waals surface area contributed by atoms with Gasteiger partial charge in [0.05, 0.1) is 5.69 Å². The lowest BCUT2D eigenvalue weighted by atomic mass is 10.0. The highest BCUT2D eigenvalue weighted by molar-refractivity contribution is 5.94. The molecule has 3 aromatic rings. The summed E-state index contributed by atoms with van der Waals surface area (Å²) in [6.07, 6.45) is 3.50. The molecule has 0 spiro atoms. The minimum Gasteiger partial charge on any atom is -0.485 e. The van der Waals surface area contributed by atoms with Crippen LogP contribution in [0.15, 0.2) is 42.6 Å². The monoisotopic (exact) mass is 383 g/mol. The molecule has 0 N–H and O–H groups in total. The summed E-state index contributed by atoms with van der Waals surface area (Å²) in [4.78, 5) is 19.2. The molecule has 28 heavy (non-hydrogen) atoms. The van der Waals surface area contributed by atoms with Crippen molar-refractivity contribution in [2.45, 2.75) is 40.2 Å². The standard InChI is InChI=1S/C22H26FN3O2/c1-5-17(6-2)22(27)25(4)21-15(3)24-20-19(8-7-13-26(20)21)28-14-16-9-11-18(23)12-10-16/h7-13,17H,5-6,14H2,1-4H3. The zero-order valence-corrected chi connectivity index (χ0v) is 16.8. The number of fused-ring (bicyclic) bond motifs is 1. The molecule has 5 nitrogen and oxygen atoms in total. The second kappa shape index (κ2) is 8.42. The van der Waals surface area contributed by atoms with Crippen molar-refractivity contribution in [2.24, 2.45) is 5.92 Å². The molecule has 3 rings (SSSR count). The number of rotatable bonds is 7. The van der Waals surface area contributed by atoms with Gasteiger partial charge in [0.15, 0.2) is 11.4 Å². The van der Waals surface area contributed by atoms with Gasteiger partial charge >= 0.3 is 0 Å². The van der Waals surface area contributed by atoms with Crippen LogP contribution in [0.25, 0.3) is 5.65 Å². The van der Waals surface area contributed by atoms with E-state index in [4.69, 9.17) is 4.74 Å².